The average Bonchev–Trinajstić information content (AvgIpc) is 3.25. The van der Waals surface area contributed by atoms with Gasteiger partial charge in [0.05, 0.1) is 29.3 Å². The van der Waals surface area contributed by atoms with Gasteiger partial charge in [-0.05, 0) is 69.0 Å². The number of fused-ring (bicyclic) bond motifs is 2. The topological polar surface area (TPSA) is 87.4 Å². The lowest BCUT2D eigenvalue weighted by Gasteiger charge is -2.41. The highest BCUT2D eigenvalue weighted by Gasteiger charge is 2.36. The lowest BCUT2D eigenvalue weighted by molar-refractivity contribution is -0.0668. The number of benzene rings is 2. The summed E-state index contributed by atoms with van der Waals surface area (Å²) in [5, 5.41) is 10.7. The number of ether oxygens (including phenoxy) is 1. The maximum absolute atomic E-state index is 10.7. The smallest absolute Gasteiger partial charge is 0.124 e. The number of hydrogen-bond acceptors (Lipinski definition) is 5. The number of halogens is 3. The van der Waals surface area contributed by atoms with Gasteiger partial charge in [-0.25, -0.2) is 4.98 Å². The molecule has 0 saturated carbocycles. The first-order valence-electron chi connectivity index (χ1n) is 11.4. The average molecular weight is 530 g/mol. The van der Waals surface area contributed by atoms with Crippen molar-refractivity contribution in [2.45, 2.75) is 51.4 Å². The molecule has 4 N–H and O–H groups in total. The zero-order chi connectivity index (χ0) is 21.5. The standard InChI is InChI=1S/C25H32N4O2.3ClH/c1-15-7-8-18-19(24(15)30)13-22(31-23(18)14-26)17-9-11-29(12-10-17)16(2)25-27-20-5-3-4-6-21(20)28-25;;;/h3-8,16-17,22-23,30H,9-14,26H2,1-2H3,(H,27,28);3*1H/t16?,22-,23-;;;/m0.../s1. The Balaban J connectivity index is 0.00000136. The van der Waals surface area contributed by atoms with Crippen molar-refractivity contribution in [2.24, 2.45) is 11.7 Å². The molecule has 2 aromatic carbocycles. The number of nitrogens with zero attached hydrogens (tertiary/aromatic N) is 2. The van der Waals surface area contributed by atoms with Crippen molar-refractivity contribution in [3.05, 3.63) is 58.9 Å². The third kappa shape index (κ3) is 5.32. The molecule has 1 fully saturated rings. The minimum absolute atomic E-state index is 0. The van der Waals surface area contributed by atoms with Gasteiger partial charge in [0.15, 0.2) is 0 Å². The largest absolute Gasteiger partial charge is 0.507 e. The van der Waals surface area contributed by atoms with E-state index < -0.39 is 0 Å². The Bertz CT molecular complexity index is 1050. The number of hydrogen-bond donors (Lipinski definition) is 3. The van der Waals surface area contributed by atoms with Gasteiger partial charge in [0.1, 0.15) is 11.6 Å². The van der Waals surface area contributed by atoms with Gasteiger partial charge in [-0.2, -0.15) is 0 Å². The van der Waals surface area contributed by atoms with Crippen LogP contribution in [0.3, 0.4) is 0 Å². The minimum Gasteiger partial charge on any atom is -0.507 e. The molecule has 9 heteroatoms. The molecule has 0 amide bonds. The van der Waals surface area contributed by atoms with E-state index in [0.29, 0.717) is 18.2 Å². The van der Waals surface area contributed by atoms with Crippen molar-refractivity contribution >= 4 is 48.3 Å². The Kier molecular flexibility index (Phi) is 10.1. The van der Waals surface area contributed by atoms with Crippen LogP contribution in [0.4, 0.5) is 0 Å². The van der Waals surface area contributed by atoms with E-state index in [1.54, 1.807) is 0 Å². The normalized spacial score (nSPS) is 21.6. The Morgan fingerprint density at radius 2 is 1.85 bits per heavy atom. The predicted octanol–water partition coefficient (Wildman–Crippen LogP) is 5.26. The number of nitrogens with one attached hydrogen (secondary N) is 1. The minimum atomic E-state index is -0.132. The SMILES string of the molecule is Cc1ccc2c(c1O)C[C@@H](C1CCN(C(C)c3nc4ccccc4[nH]3)CC1)O[C@H]2CN.Cl.Cl.Cl. The van der Waals surface area contributed by atoms with Crippen molar-refractivity contribution < 1.29 is 9.84 Å². The van der Waals surface area contributed by atoms with Gasteiger partial charge < -0.3 is 20.6 Å². The third-order valence-electron chi connectivity index (χ3n) is 7.28. The number of aromatic nitrogens is 2. The quantitative estimate of drug-likeness (QED) is 0.429. The van der Waals surface area contributed by atoms with Crippen molar-refractivity contribution in [1.29, 1.82) is 0 Å². The van der Waals surface area contributed by atoms with E-state index >= 15 is 0 Å². The second kappa shape index (κ2) is 11.9. The van der Waals surface area contributed by atoms with Crippen molar-refractivity contribution in [2.75, 3.05) is 19.6 Å². The van der Waals surface area contributed by atoms with Crippen LogP contribution >= 0.6 is 37.2 Å². The molecule has 0 spiro atoms. The number of aryl methyl sites for hydroxylation is 1. The molecule has 0 aliphatic carbocycles. The maximum atomic E-state index is 10.7. The second-order valence-electron chi connectivity index (χ2n) is 9.09. The molecule has 188 valence electrons. The summed E-state index contributed by atoms with van der Waals surface area (Å²) in [6.45, 7) is 6.66. The number of imidazole rings is 1. The number of aromatic amines is 1. The molecule has 1 aromatic heterocycles. The van der Waals surface area contributed by atoms with Crippen LogP contribution in [0.5, 0.6) is 5.75 Å². The third-order valence-corrected chi connectivity index (χ3v) is 7.28. The summed E-state index contributed by atoms with van der Waals surface area (Å²) in [4.78, 5) is 10.8. The zero-order valence-electron chi connectivity index (χ0n) is 19.6. The molecular formula is C25H35Cl3N4O2. The first-order valence-corrected chi connectivity index (χ1v) is 11.4. The van der Waals surface area contributed by atoms with E-state index in [9.17, 15) is 5.11 Å². The number of H-pyrrole nitrogens is 1. The highest BCUT2D eigenvalue weighted by Crippen LogP contribution is 2.40. The molecule has 1 saturated heterocycles. The fourth-order valence-corrected chi connectivity index (χ4v) is 5.30. The Morgan fingerprint density at radius 3 is 2.53 bits per heavy atom. The predicted molar refractivity (Wildman–Crippen MR) is 144 cm³/mol. The molecule has 0 radical (unpaired) electrons. The highest BCUT2D eigenvalue weighted by atomic mass is 35.5. The molecule has 5 rings (SSSR count). The number of nitrogens with two attached hydrogens (primary N) is 1. The van der Waals surface area contributed by atoms with Crippen LogP contribution in [-0.4, -0.2) is 45.7 Å². The number of para-hydroxylation sites is 2. The van der Waals surface area contributed by atoms with E-state index in [1.165, 1.54) is 0 Å². The first kappa shape index (κ1) is 28.7. The fraction of sp³-hybridized carbons (Fsp3) is 0.480. The van der Waals surface area contributed by atoms with Crippen molar-refractivity contribution in [3.8, 4) is 5.75 Å². The van der Waals surface area contributed by atoms with E-state index in [1.807, 2.05) is 25.1 Å². The molecule has 34 heavy (non-hydrogen) atoms. The molecule has 1 unspecified atom stereocenters. The van der Waals surface area contributed by atoms with Crippen LogP contribution < -0.4 is 5.73 Å². The summed E-state index contributed by atoms with van der Waals surface area (Å²) >= 11 is 0. The van der Waals surface area contributed by atoms with Gasteiger partial charge in [-0.3, -0.25) is 4.90 Å². The molecular weight excluding hydrogens is 495 g/mol. The Morgan fingerprint density at radius 1 is 1.15 bits per heavy atom. The fourth-order valence-electron chi connectivity index (χ4n) is 5.30. The number of phenolic OH excluding ortho intramolecular Hbond substituents is 1. The Hall–Kier alpha value is -1.54. The van der Waals surface area contributed by atoms with Crippen LogP contribution in [0.15, 0.2) is 36.4 Å². The zero-order valence-corrected chi connectivity index (χ0v) is 22.0. The molecule has 0 bridgehead atoms. The summed E-state index contributed by atoms with van der Waals surface area (Å²) in [7, 11) is 0. The van der Waals surface area contributed by atoms with Crippen molar-refractivity contribution in [3.63, 3.8) is 0 Å². The summed E-state index contributed by atoms with van der Waals surface area (Å²) < 4.78 is 6.44. The monoisotopic (exact) mass is 528 g/mol. The van der Waals surface area contributed by atoms with E-state index in [4.69, 9.17) is 15.5 Å². The summed E-state index contributed by atoms with van der Waals surface area (Å²) in [6.07, 6.45) is 2.90. The number of likely N-dealkylation sites (tertiary alicyclic amines) is 1. The van der Waals surface area contributed by atoms with Crippen LogP contribution in [0, 0.1) is 12.8 Å². The van der Waals surface area contributed by atoms with Gasteiger partial charge in [0.25, 0.3) is 0 Å². The van der Waals surface area contributed by atoms with Gasteiger partial charge in [0.2, 0.25) is 0 Å². The highest BCUT2D eigenvalue weighted by molar-refractivity contribution is 5.86. The summed E-state index contributed by atoms with van der Waals surface area (Å²) in [6, 6.07) is 12.5. The van der Waals surface area contributed by atoms with Crippen LogP contribution in [0.2, 0.25) is 0 Å². The van der Waals surface area contributed by atoms with Gasteiger partial charge in [0, 0.05) is 18.5 Å². The second-order valence-corrected chi connectivity index (χ2v) is 9.09. The molecule has 2 aliphatic rings. The summed E-state index contributed by atoms with van der Waals surface area (Å²) in [5.74, 6) is 1.92. The molecule has 6 nitrogen and oxygen atoms in total. The van der Waals surface area contributed by atoms with E-state index in [-0.39, 0.29) is 55.5 Å². The van der Waals surface area contributed by atoms with Crippen molar-refractivity contribution in [1.82, 2.24) is 14.9 Å². The number of aromatic hydroxyl groups is 1. The number of rotatable bonds is 4. The molecule has 3 aromatic rings. The lowest BCUT2D eigenvalue weighted by atomic mass is 9.82. The summed E-state index contributed by atoms with van der Waals surface area (Å²) in [5.41, 5.74) is 11.2. The maximum Gasteiger partial charge on any atom is 0.124 e. The number of phenols is 1. The molecule has 3 atom stereocenters. The first-order chi connectivity index (χ1) is 15.0. The van der Waals surface area contributed by atoms with E-state index in [0.717, 1.165) is 65.9 Å². The van der Waals surface area contributed by atoms with Gasteiger partial charge in [-0.1, -0.05) is 24.3 Å². The number of piperidine rings is 1. The Labute approximate surface area is 219 Å². The van der Waals surface area contributed by atoms with Crippen LogP contribution in [0.25, 0.3) is 11.0 Å². The molecule has 3 heterocycles. The van der Waals surface area contributed by atoms with Crippen LogP contribution in [0.1, 0.15) is 54.4 Å². The van der Waals surface area contributed by atoms with Crippen LogP contribution in [-0.2, 0) is 11.2 Å². The van der Waals surface area contributed by atoms with E-state index in [2.05, 4.69) is 35.0 Å². The lowest BCUT2D eigenvalue weighted by Crippen LogP contribution is -2.43. The van der Waals surface area contributed by atoms with Gasteiger partial charge >= 0.3 is 0 Å². The molecule has 2 aliphatic heterocycles. The van der Waals surface area contributed by atoms with Gasteiger partial charge in [-0.15, -0.1) is 37.2 Å².